The molecule has 0 aliphatic carbocycles. The topological polar surface area (TPSA) is 46.6 Å². The zero-order valence-corrected chi connectivity index (χ0v) is 5.67. The van der Waals surface area contributed by atoms with Gasteiger partial charge in [0.05, 0.1) is 7.11 Å². The first-order valence-electron chi connectivity index (χ1n) is 2.39. The van der Waals surface area contributed by atoms with Gasteiger partial charge in [-0.3, -0.25) is 4.79 Å². The zero-order valence-electron chi connectivity index (χ0n) is 5.67. The summed E-state index contributed by atoms with van der Waals surface area (Å²) in [5.41, 5.74) is 0. The molecule has 0 aliphatic rings. The molecule has 0 rings (SSSR count). The number of nitrogens with zero attached hydrogens (tertiary/aromatic N) is 1. The maximum atomic E-state index is 10.5. The summed E-state index contributed by atoms with van der Waals surface area (Å²) in [5.74, 6) is -1.47. The molecule has 52 valence electrons. The maximum absolute atomic E-state index is 10.5. The van der Waals surface area contributed by atoms with E-state index in [1.54, 1.807) is 0 Å². The predicted molar refractivity (Wildman–Crippen MR) is 30.7 cm³/mol. The van der Waals surface area contributed by atoms with E-state index in [0.717, 1.165) is 4.90 Å². The van der Waals surface area contributed by atoms with Crippen LogP contribution in [0.5, 0.6) is 0 Å². The van der Waals surface area contributed by atoms with Gasteiger partial charge in [0, 0.05) is 14.1 Å². The van der Waals surface area contributed by atoms with Gasteiger partial charge in [0.1, 0.15) is 0 Å². The lowest BCUT2D eigenvalue weighted by atomic mass is 10.8. The van der Waals surface area contributed by atoms with Gasteiger partial charge >= 0.3 is 11.9 Å². The molecule has 0 spiro atoms. The van der Waals surface area contributed by atoms with Crippen LogP contribution in [0.3, 0.4) is 0 Å². The quantitative estimate of drug-likeness (QED) is 0.247. The fraction of sp³-hybridized carbons (Fsp3) is 0.600. The highest BCUT2D eigenvalue weighted by atomic mass is 16.6. The van der Waals surface area contributed by atoms with Crippen LogP contribution < -0.4 is 0 Å². The monoisotopic (exact) mass is 132 g/mol. The Bertz CT molecular complexity index is 130. The van der Waals surface area contributed by atoms with Gasteiger partial charge in [0.15, 0.2) is 0 Å². The van der Waals surface area contributed by atoms with Crippen LogP contribution in [0.15, 0.2) is 0 Å². The van der Waals surface area contributed by atoms with E-state index in [0.29, 0.717) is 0 Å². The number of likely N-dealkylation sites (N-methyl/N-ethyl adjacent to an activating group) is 1. The van der Waals surface area contributed by atoms with E-state index in [1.165, 1.54) is 21.2 Å². The lowest BCUT2D eigenvalue weighted by Crippen LogP contribution is -2.30. The number of carbonyl (C=O) groups is 2. The summed E-state index contributed by atoms with van der Waals surface area (Å²) < 4.78 is 4.14. The Balaban J connectivity index is 3.89. The normalized spacial score (nSPS) is 8.33. The van der Waals surface area contributed by atoms with Gasteiger partial charge < -0.3 is 9.64 Å². The first-order chi connectivity index (χ1) is 4.09. The Labute approximate surface area is 53.4 Å². The Hall–Kier alpha value is -1.06. The average molecular weight is 132 g/mol. The summed E-state index contributed by atoms with van der Waals surface area (Å²) in [4.78, 5) is 22.0. The van der Waals surface area contributed by atoms with Crippen molar-refractivity contribution in [1.82, 2.24) is 4.90 Å². The third-order valence-electron chi connectivity index (χ3n) is 0.766. The molecule has 0 unspecified atom stereocenters. The van der Waals surface area contributed by atoms with Crippen molar-refractivity contribution in [3.8, 4) is 0 Å². The molecular weight excluding hydrogens is 123 g/mol. The molecule has 0 atom stereocenters. The van der Waals surface area contributed by atoms with Crippen LogP contribution in [0.4, 0.5) is 0 Å². The third kappa shape index (κ3) is 2.12. The molecule has 0 N–H and O–H groups in total. The molecule has 0 saturated carbocycles. The van der Waals surface area contributed by atoms with Gasteiger partial charge in [0.2, 0.25) is 0 Å². The first-order valence-corrected chi connectivity index (χ1v) is 2.39. The van der Waals surface area contributed by atoms with E-state index in [9.17, 15) is 9.59 Å². The van der Waals surface area contributed by atoms with Crippen LogP contribution in [0.25, 0.3) is 0 Å². The average Bonchev–Trinajstić information content (AvgIpc) is 1.84. The molecule has 0 aromatic heterocycles. The minimum atomic E-state index is -0.833. The van der Waals surface area contributed by atoms with Gasteiger partial charge in [-0.25, -0.2) is 4.79 Å². The second-order valence-corrected chi connectivity index (χ2v) is 1.69. The fourth-order valence-electron chi connectivity index (χ4n) is 0.270. The second kappa shape index (κ2) is 3.06. The summed E-state index contributed by atoms with van der Waals surface area (Å²) in [6, 6.07) is 0. The van der Waals surface area contributed by atoms with Crippen LogP contribution in [0.1, 0.15) is 0 Å². The summed E-state index contributed by atoms with van der Waals surface area (Å²) in [5, 5.41) is 0. The molecule has 0 heterocycles. The van der Waals surface area contributed by atoms with Crippen molar-refractivity contribution in [2.75, 3.05) is 21.2 Å². The Morgan fingerprint density at radius 1 is 1.33 bits per heavy atom. The van der Waals surface area contributed by atoms with Gasteiger partial charge in [-0.15, -0.1) is 0 Å². The molecule has 4 nitrogen and oxygen atoms in total. The molecule has 9 heavy (non-hydrogen) atoms. The third-order valence-corrected chi connectivity index (χ3v) is 0.766. The van der Waals surface area contributed by atoms with Crippen LogP contribution in [-0.2, 0) is 14.3 Å². The molecule has 4 heteroatoms. The lowest BCUT2D eigenvalue weighted by molar-refractivity contribution is -0.156. The smallest absolute Gasteiger partial charge is 0.396 e. The summed E-state index contributed by atoms with van der Waals surface area (Å²) in [6.45, 7) is 0. The van der Waals surface area contributed by atoms with Gasteiger partial charge in [-0.05, 0) is 0 Å². The van der Waals surface area contributed by atoms with E-state index < -0.39 is 11.9 Å². The van der Waals surface area contributed by atoms with E-state index in [2.05, 4.69) is 4.74 Å². The molecule has 0 aromatic carbocycles. The number of hydrogen-bond donors (Lipinski definition) is 0. The van der Waals surface area contributed by atoms with Crippen LogP contribution in [-0.4, -0.2) is 38.0 Å². The van der Waals surface area contributed by atoms with Crippen molar-refractivity contribution in [3.05, 3.63) is 0 Å². The molecule has 0 bridgehead atoms. The zero-order chi connectivity index (χ0) is 7.44. The molecule has 0 radical (unpaired) electrons. The Kier molecular flexibility index (Phi) is 2.70. The summed E-state index contributed by atoms with van der Waals surface area (Å²) in [7, 11) is 4.14. The molecular formula is C5H9NO3. The summed E-state index contributed by atoms with van der Waals surface area (Å²) >= 11 is 0. The highest BCUT2D eigenvalue weighted by Crippen LogP contribution is 1.80. The largest absolute Gasteiger partial charge is 0.462 e. The number of amides is 1. The maximum Gasteiger partial charge on any atom is 0.396 e. The van der Waals surface area contributed by atoms with Gasteiger partial charge in [-0.2, -0.15) is 0 Å². The number of hydrogen-bond acceptors (Lipinski definition) is 3. The van der Waals surface area contributed by atoms with Crippen molar-refractivity contribution in [3.63, 3.8) is 0 Å². The minimum absolute atomic E-state index is 0.641. The van der Waals surface area contributed by atoms with Crippen molar-refractivity contribution in [2.45, 2.75) is 0 Å². The highest BCUT2D eigenvalue weighted by Gasteiger charge is 2.14. The van der Waals surface area contributed by atoms with E-state index in [1.807, 2.05) is 0 Å². The first kappa shape index (κ1) is 7.94. The predicted octanol–water partition coefficient (Wildman–Crippen LogP) is -0.752. The Morgan fingerprint density at radius 2 is 1.78 bits per heavy atom. The minimum Gasteiger partial charge on any atom is -0.462 e. The van der Waals surface area contributed by atoms with Crippen LogP contribution in [0, 0.1) is 0 Å². The summed E-state index contributed by atoms with van der Waals surface area (Å²) in [6.07, 6.45) is 0. The number of carbonyl (C=O) groups excluding carboxylic acids is 2. The number of esters is 1. The number of rotatable bonds is 0. The van der Waals surface area contributed by atoms with Gasteiger partial charge in [-0.1, -0.05) is 0 Å². The molecule has 0 aliphatic heterocycles. The van der Waals surface area contributed by atoms with E-state index in [-0.39, 0.29) is 0 Å². The number of ether oxygens (including phenoxy) is 1. The van der Waals surface area contributed by atoms with Crippen molar-refractivity contribution in [2.24, 2.45) is 0 Å². The number of methoxy groups -OCH3 is 1. The lowest BCUT2D eigenvalue weighted by Gasteiger charge is -2.06. The molecule has 0 aromatic rings. The van der Waals surface area contributed by atoms with E-state index in [4.69, 9.17) is 0 Å². The van der Waals surface area contributed by atoms with E-state index >= 15 is 0 Å². The van der Waals surface area contributed by atoms with Gasteiger partial charge in [0.25, 0.3) is 0 Å². The Morgan fingerprint density at radius 3 is 1.89 bits per heavy atom. The van der Waals surface area contributed by atoms with Crippen LogP contribution >= 0.6 is 0 Å². The highest BCUT2D eigenvalue weighted by molar-refractivity contribution is 6.32. The second-order valence-electron chi connectivity index (χ2n) is 1.69. The molecule has 0 saturated heterocycles. The van der Waals surface area contributed by atoms with Crippen molar-refractivity contribution >= 4 is 11.9 Å². The fourth-order valence-corrected chi connectivity index (χ4v) is 0.270. The standard InChI is InChI=1S/C5H9NO3/c1-6(2)4(7)5(8)9-3/h1-3H3/i5+1. The van der Waals surface area contributed by atoms with Crippen molar-refractivity contribution in [1.29, 1.82) is 0 Å². The van der Waals surface area contributed by atoms with Crippen LogP contribution in [0.2, 0.25) is 0 Å². The molecule has 0 fully saturated rings. The van der Waals surface area contributed by atoms with Crippen molar-refractivity contribution < 1.29 is 14.3 Å². The SMILES string of the molecule is CO[13C](=O)C(=O)N(C)C. The molecule has 1 amide bonds.